The van der Waals surface area contributed by atoms with Gasteiger partial charge in [-0.05, 0) is 30.3 Å². The van der Waals surface area contributed by atoms with Gasteiger partial charge < -0.3 is 5.32 Å². The normalized spacial score (nSPS) is 16.0. The molecular formula is C24H14Cl2N4O. The van der Waals surface area contributed by atoms with Crippen molar-refractivity contribution in [2.24, 2.45) is 5.10 Å². The molecule has 0 radical (unpaired) electrons. The van der Waals surface area contributed by atoms with Gasteiger partial charge in [-0.25, -0.2) is 5.01 Å². The number of hydrazone groups is 1. The molecule has 3 aromatic rings. The van der Waals surface area contributed by atoms with E-state index in [2.05, 4.69) is 10.4 Å². The van der Waals surface area contributed by atoms with Gasteiger partial charge in [0.15, 0.2) is 0 Å². The summed E-state index contributed by atoms with van der Waals surface area (Å²) >= 11 is 12.3. The number of nitrogens with zero attached hydrogens (tertiary/aromatic N) is 3. The van der Waals surface area contributed by atoms with Gasteiger partial charge in [0.1, 0.15) is 17.2 Å². The minimum atomic E-state index is -1.06. The number of nitrogens with one attached hydrogen (secondary N) is 1. The second kappa shape index (κ2) is 7.28. The molecule has 7 heteroatoms. The van der Waals surface area contributed by atoms with Crippen molar-refractivity contribution in [3.8, 4) is 6.07 Å². The number of hydrogen-bond donors (Lipinski definition) is 1. The summed E-state index contributed by atoms with van der Waals surface area (Å²) in [5.41, 5.74) is 2.91. The summed E-state index contributed by atoms with van der Waals surface area (Å²) in [6.07, 6.45) is 3.20. The summed E-state index contributed by atoms with van der Waals surface area (Å²) in [5.74, 6) is -0.477. The minimum Gasteiger partial charge on any atom is -0.355 e. The molecule has 5 rings (SSSR count). The van der Waals surface area contributed by atoms with Crippen LogP contribution in [0.5, 0.6) is 0 Å². The Morgan fingerprint density at radius 3 is 2.26 bits per heavy atom. The van der Waals surface area contributed by atoms with E-state index in [1.807, 2.05) is 54.6 Å². The van der Waals surface area contributed by atoms with Crippen molar-refractivity contribution in [3.05, 3.63) is 105 Å². The monoisotopic (exact) mass is 444 g/mol. The molecule has 3 aromatic carbocycles. The predicted molar refractivity (Wildman–Crippen MR) is 122 cm³/mol. The second-order valence-electron chi connectivity index (χ2n) is 7.18. The SMILES string of the molecule is N#CC1=CC2(c3ccccc3Nc3ccccc32)N(/N=C/c2ccc(Cl)cc2Cl)C1=O. The number of anilines is 2. The summed E-state index contributed by atoms with van der Waals surface area (Å²) in [6.45, 7) is 0. The molecule has 0 bridgehead atoms. The molecule has 1 amide bonds. The molecule has 2 aliphatic rings. The summed E-state index contributed by atoms with van der Waals surface area (Å²) in [5, 5.41) is 19.9. The molecule has 0 aliphatic carbocycles. The van der Waals surface area contributed by atoms with Gasteiger partial charge in [0.2, 0.25) is 0 Å². The first-order chi connectivity index (χ1) is 15.0. The maximum absolute atomic E-state index is 13.2. The molecule has 0 saturated carbocycles. The highest BCUT2D eigenvalue weighted by Gasteiger charge is 2.52. The van der Waals surface area contributed by atoms with Crippen LogP contribution in [0.3, 0.4) is 0 Å². The van der Waals surface area contributed by atoms with Gasteiger partial charge >= 0.3 is 0 Å². The van der Waals surface area contributed by atoms with E-state index in [1.165, 1.54) is 11.2 Å². The number of benzene rings is 3. The lowest BCUT2D eigenvalue weighted by Gasteiger charge is -2.41. The average molecular weight is 445 g/mol. The third-order valence-corrected chi connectivity index (χ3v) is 6.01. The zero-order chi connectivity index (χ0) is 21.6. The van der Waals surface area contributed by atoms with Crippen LogP contribution < -0.4 is 5.32 Å². The topological polar surface area (TPSA) is 68.5 Å². The highest BCUT2D eigenvalue weighted by atomic mass is 35.5. The summed E-state index contributed by atoms with van der Waals surface area (Å²) in [6, 6.07) is 22.4. The Bertz CT molecular complexity index is 1290. The minimum absolute atomic E-state index is 0.0332. The van der Waals surface area contributed by atoms with Crippen molar-refractivity contribution >= 4 is 46.7 Å². The summed E-state index contributed by atoms with van der Waals surface area (Å²) in [7, 11) is 0. The van der Waals surface area contributed by atoms with E-state index in [0.29, 0.717) is 15.6 Å². The fourth-order valence-corrected chi connectivity index (χ4v) is 4.54. The van der Waals surface area contributed by atoms with Crippen molar-refractivity contribution in [3.63, 3.8) is 0 Å². The van der Waals surface area contributed by atoms with Crippen LogP contribution in [0, 0.1) is 11.3 Å². The highest BCUT2D eigenvalue weighted by Crippen LogP contribution is 2.52. The van der Waals surface area contributed by atoms with E-state index in [4.69, 9.17) is 23.2 Å². The maximum atomic E-state index is 13.2. The Hall–Kier alpha value is -3.59. The van der Waals surface area contributed by atoms with Crippen molar-refractivity contribution in [2.45, 2.75) is 5.54 Å². The molecule has 0 atom stereocenters. The Morgan fingerprint density at radius 1 is 1.00 bits per heavy atom. The van der Waals surface area contributed by atoms with Crippen LogP contribution in [-0.4, -0.2) is 17.1 Å². The number of carbonyl (C=O) groups excluding carboxylic acids is 1. The predicted octanol–water partition coefficient (Wildman–Crippen LogP) is 5.62. The Morgan fingerprint density at radius 2 is 1.65 bits per heavy atom. The van der Waals surface area contributed by atoms with Crippen LogP contribution in [0.25, 0.3) is 0 Å². The van der Waals surface area contributed by atoms with E-state index in [9.17, 15) is 10.1 Å². The van der Waals surface area contributed by atoms with Gasteiger partial charge in [0.05, 0.1) is 11.2 Å². The van der Waals surface area contributed by atoms with Gasteiger partial charge in [0.25, 0.3) is 5.91 Å². The number of hydrogen-bond acceptors (Lipinski definition) is 4. The number of rotatable bonds is 2. The van der Waals surface area contributed by atoms with E-state index in [1.54, 1.807) is 24.3 Å². The quantitative estimate of drug-likeness (QED) is 0.521. The molecule has 31 heavy (non-hydrogen) atoms. The van der Waals surface area contributed by atoms with Gasteiger partial charge in [-0.1, -0.05) is 65.7 Å². The molecule has 0 saturated heterocycles. The number of nitriles is 1. The molecule has 5 nitrogen and oxygen atoms in total. The first-order valence-corrected chi connectivity index (χ1v) is 10.2. The van der Waals surface area contributed by atoms with Crippen LogP contribution in [-0.2, 0) is 10.3 Å². The molecule has 2 aliphatic heterocycles. The van der Waals surface area contributed by atoms with E-state index in [-0.39, 0.29) is 5.57 Å². The van der Waals surface area contributed by atoms with Crippen molar-refractivity contribution in [1.29, 1.82) is 5.26 Å². The second-order valence-corrected chi connectivity index (χ2v) is 8.02. The third kappa shape index (κ3) is 2.92. The largest absolute Gasteiger partial charge is 0.355 e. The molecule has 0 fully saturated rings. The Kier molecular flexibility index (Phi) is 4.55. The average Bonchev–Trinajstić information content (AvgIpc) is 3.06. The molecule has 2 heterocycles. The first kappa shape index (κ1) is 19.4. The summed E-state index contributed by atoms with van der Waals surface area (Å²) < 4.78 is 0. The number of amides is 1. The van der Waals surface area contributed by atoms with Crippen LogP contribution in [0.1, 0.15) is 16.7 Å². The van der Waals surface area contributed by atoms with Crippen LogP contribution in [0.15, 0.2) is 83.5 Å². The molecule has 1 N–H and O–H groups in total. The van der Waals surface area contributed by atoms with E-state index < -0.39 is 11.4 Å². The lowest BCUT2D eigenvalue weighted by molar-refractivity contribution is -0.128. The zero-order valence-corrected chi connectivity index (χ0v) is 17.5. The fourth-order valence-electron chi connectivity index (χ4n) is 4.08. The van der Waals surface area contributed by atoms with E-state index in [0.717, 1.165) is 22.5 Å². The third-order valence-electron chi connectivity index (χ3n) is 5.45. The lowest BCUT2D eigenvalue weighted by atomic mass is 9.78. The number of halogens is 2. The van der Waals surface area contributed by atoms with Gasteiger partial charge in [-0.3, -0.25) is 4.79 Å². The smallest absolute Gasteiger partial charge is 0.285 e. The van der Waals surface area contributed by atoms with Crippen LogP contribution >= 0.6 is 23.2 Å². The Balaban J connectivity index is 1.74. The molecule has 0 aromatic heterocycles. The Labute approximate surface area is 188 Å². The first-order valence-electron chi connectivity index (χ1n) is 9.47. The van der Waals surface area contributed by atoms with Crippen molar-refractivity contribution < 1.29 is 4.79 Å². The number of fused-ring (bicyclic) bond motifs is 4. The van der Waals surface area contributed by atoms with Crippen LogP contribution in [0.2, 0.25) is 10.0 Å². The fraction of sp³-hybridized carbons (Fsp3) is 0.0417. The van der Waals surface area contributed by atoms with Gasteiger partial charge in [0, 0.05) is 33.1 Å². The lowest BCUT2D eigenvalue weighted by Crippen LogP contribution is -2.44. The molecule has 0 unspecified atom stereocenters. The van der Waals surface area contributed by atoms with Gasteiger partial charge in [-0.2, -0.15) is 10.4 Å². The maximum Gasteiger partial charge on any atom is 0.285 e. The summed E-state index contributed by atoms with van der Waals surface area (Å²) in [4.78, 5) is 13.2. The molecule has 150 valence electrons. The highest BCUT2D eigenvalue weighted by molar-refractivity contribution is 6.36. The molecule has 1 spiro atoms. The molecular weight excluding hydrogens is 431 g/mol. The standard InChI is InChI=1S/C24H14Cl2N4O/c25-17-10-9-15(20(26)11-17)14-28-30-23(31)16(13-27)12-24(30)18-5-1-3-7-21(18)29-22-8-4-2-6-19(22)24/h1-12,14,29H/b28-14+. The van der Waals surface area contributed by atoms with Crippen LogP contribution in [0.4, 0.5) is 11.4 Å². The number of para-hydroxylation sites is 2. The van der Waals surface area contributed by atoms with Crippen molar-refractivity contribution in [2.75, 3.05) is 5.32 Å². The zero-order valence-electron chi connectivity index (χ0n) is 16.0. The van der Waals surface area contributed by atoms with Crippen molar-refractivity contribution in [1.82, 2.24) is 5.01 Å². The van der Waals surface area contributed by atoms with E-state index >= 15 is 0 Å². The number of carbonyl (C=O) groups is 1. The van der Waals surface area contributed by atoms with Gasteiger partial charge in [-0.15, -0.1) is 0 Å².